The second-order valence-corrected chi connectivity index (χ2v) is 16.7. The van der Waals surface area contributed by atoms with Crippen LogP contribution in [0.5, 0.6) is 0 Å². The minimum atomic E-state index is -0.894. The van der Waals surface area contributed by atoms with Crippen molar-refractivity contribution in [2.45, 2.75) is 87.8 Å². The number of imide groups is 1. The zero-order valence-electron chi connectivity index (χ0n) is 33.1. The van der Waals surface area contributed by atoms with E-state index in [4.69, 9.17) is 4.74 Å². The second kappa shape index (κ2) is 17.7. The minimum Gasteiger partial charge on any atom is -0.388 e. The van der Waals surface area contributed by atoms with E-state index in [1.165, 1.54) is 6.07 Å². The van der Waals surface area contributed by atoms with Gasteiger partial charge in [-0.1, -0.05) is 18.2 Å². The van der Waals surface area contributed by atoms with Gasteiger partial charge in [-0.05, 0) is 107 Å². The number of amides is 4. The third-order valence-electron chi connectivity index (χ3n) is 12.7. The molecule has 2 aromatic carbocycles. The zero-order valence-corrected chi connectivity index (χ0v) is 33.1. The Hall–Kier alpha value is -5.06. The van der Waals surface area contributed by atoms with Gasteiger partial charge in [0.1, 0.15) is 24.2 Å². The molecular formula is C43H52F2N8O6. The van der Waals surface area contributed by atoms with E-state index in [1.807, 2.05) is 11.0 Å². The molecule has 59 heavy (non-hydrogen) atoms. The summed E-state index contributed by atoms with van der Waals surface area (Å²) in [6.45, 7) is 3.86. The Labute approximate surface area is 342 Å². The Morgan fingerprint density at radius 2 is 1.69 bits per heavy atom. The van der Waals surface area contributed by atoms with Crippen molar-refractivity contribution in [2.24, 2.45) is 5.92 Å². The number of benzene rings is 2. The third kappa shape index (κ3) is 9.55. The zero-order chi connectivity index (χ0) is 41.1. The lowest BCUT2D eigenvalue weighted by molar-refractivity contribution is -0.141. The van der Waals surface area contributed by atoms with E-state index in [0.717, 1.165) is 45.0 Å². The maximum absolute atomic E-state index is 15.3. The van der Waals surface area contributed by atoms with Crippen molar-refractivity contribution in [3.8, 4) is 11.3 Å². The van der Waals surface area contributed by atoms with Crippen LogP contribution in [-0.2, 0) is 23.9 Å². The summed E-state index contributed by atoms with van der Waals surface area (Å²) < 4.78 is 35.5. The molecule has 5 heterocycles. The third-order valence-corrected chi connectivity index (χ3v) is 12.7. The average molecular weight is 815 g/mol. The Morgan fingerprint density at radius 1 is 0.915 bits per heavy atom. The highest BCUT2D eigenvalue weighted by Crippen LogP contribution is 2.35. The van der Waals surface area contributed by atoms with Crippen LogP contribution in [0.3, 0.4) is 0 Å². The Bertz CT molecular complexity index is 2050. The lowest BCUT2D eigenvalue weighted by atomic mass is 9.83. The number of likely N-dealkylation sites (tertiary alicyclic amines) is 2. The second-order valence-electron chi connectivity index (χ2n) is 16.7. The molecule has 5 fully saturated rings. The monoisotopic (exact) mass is 814 g/mol. The van der Waals surface area contributed by atoms with Crippen LogP contribution in [0.15, 0.2) is 48.7 Å². The largest absolute Gasteiger partial charge is 0.388 e. The van der Waals surface area contributed by atoms with Crippen molar-refractivity contribution in [3.63, 3.8) is 0 Å². The van der Waals surface area contributed by atoms with Gasteiger partial charge in [0, 0.05) is 61.5 Å². The van der Waals surface area contributed by atoms with Gasteiger partial charge < -0.3 is 35.2 Å². The van der Waals surface area contributed by atoms with Crippen LogP contribution in [0.25, 0.3) is 11.3 Å². The number of nitrogens with one attached hydrogen (secondary N) is 3. The van der Waals surface area contributed by atoms with Crippen LogP contribution >= 0.6 is 0 Å². The van der Waals surface area contributed by atoms with Gasteiger partial charge in [-0.2, -0.15) is 0 Å². The van der Waals surface area contributed by atoms with Gasteiger partial charge in [-0.3, -0.25) is 24.5 Å². The van der Waals surface area contributed by atoms with Crippen molar-refractivity contribution in [2.75, 3.05) is 68.0 Å². The number of hydrogen-bond acceptors (Lipinski definition) is 11. The number of aromatic nitrogens is 2. The van der Waals surface area contributed by atoms with Gasteiger partial charge in [0.15, 0.2) is 5.82 Å². The summed E-state index contributed by atoms with van der Waals surface area (Å²) >= 11 is 0. The van der Waals surface area contributed by atoms with E-state index in [0.29, 0.717) is 93.3 Å². The van der Waals surface area contributed by atoms with E-state index in [1.54, 1.807) is 35.2 Å². The summed E-state index contributed by atoms with van der Waals surface area (Å²) in [5.41, 5.74) is 1.60. The number of morpholine rings is 1. The van der Waals surface area contributed by atoms with Gasteiger partial charge in [-0.25, -0.2) is 18.7 Å². The number of carbonyl (C=O) groups excluding carboxylic acids is 4. The van der Waals surface area contributed by atoms with Crippen LogP contribution < -0.4 is 20.9 Å². The number of halogens is 2. The molecule has 5 aliphatic rings. The van der Waals surface area contributed by atoms with Crippen LogP contribution in [0.2, 0.25) is 0 Å². The van der Waals surface area contributed by atoms with Crippen LogP contribution in [0, 0.1) is 17.6 Å². The molecule has 314 valence electrons. The van der Waals surface area contributed by atoms with E-state index in [-0.39, 0.29) is 60.1 Å². The molecule has 0 radical (unpaired) electrons. The smallest absolute Gasteiger partial charge is 0.253 e. The van der Waals surface area contributed by atoms with Gasteiger partial charge in [0.25, 0.3) is 5.91 Å². The standard InChI is InChI=1S/C43H52F2N8O6/c44-34-23-31(47-36-10-11-37(54)49-40(36)56)8-9-33(34)27-12-16-51(17-13-27)26-43(58)14-18-52(19-15-43)41(57)28-4-6-30(7-5-28)48-42-46-24-35(45)39(50-42)29-2-1-3-32(22-29)53-20-21-59-25-38(53)55/h1-3,8-9,22-24,27-28,30,36,47,58H,4-7,10-21,25-26H2,(H,46,48,50)(H,49,54,56). The summed E-state index contributed by atoms with van der Waals surface area (Å²) in [6.07, 6.45) is 7.17. The van der Waals surface area contributed by atoms with E-state index >= 15 is 4.39 Å². The summed E-state index contributed by atoms with van der Waals surface area (Å²) in [5.74, 6) is -1.33. The molecule has 4 N–H and O–H groups in total. The van der Waals surface area contributed by atoms with Gasteiger partial charge in [0.05, 0.1) is 18.4 Å². The molecule has 1 aromatic heterocycles. The molecule has 1 aliphatic carbocycles. The molecule has 0 spiro atoms. The molecule has 3 aromatic rings. The van der Waals surface area contributed by atoms with Gasteiger partial charge in [0.2, 0.25) is 23.7 Å². The number of anilines is 3. The van der Waals surface area contributed by atoms with Crippen LogP contribution in [0.1, 0.15) is 75.7 Å². The van der Waals surface area contributed by atoms with E-state index in [9.17, 15) is 28.7 Å². The molecule has 4 aliphatic heterocycles. The number of hydrogen-bond donors (Lipinski definition) is 4. The lowest BCUT2D eigenvalue weighted by Crippen LogP contribution is -2.54. The number of aliphatic hydroxyl groups is 1. The first-order valence-electron chi connectivity index (χ1n) is 20.9. The maximum Gasteiger partial charge on any atom is 0.253 e. The molecule has 4 saturated heterocycles. The molecule has 0 bridgehead atoms. The normalized spacial score (nSPS) is 24.5. The highest BCUT2D eigenvalue weighted by molar-refractivity contribution is 6.01. The van der Waals surface area contributed by atoms with E-state index < -0.39 is 23.4 Å². The number of β-amino-alcohol motifs (C(OH)–C–C–N with tert-alkyl or cyclic N) is 1. The number of ether oxygens (including phenoxy) is 1. The molecule has 1 atom stereocenters. The topological polar surface area (TPSA) is 169 Å². The number of piperidine rings is 3. The molecule has 14 nitrogen and oxygen atoms in total. The highest BCUT2D eigenvalue weighted by Gasteiger charge is 2.39. The van der Waals surface area contributed by atoms with Gasteiger partial charge in [-0.15, -0.1) is 0 Å². The SMILES string of the molecule is O=C1CCC(Nc2ccc(C3CCN(CC4(O)CCN(C(=O)C5CCC(Nc6ncc(F)c(-c7cccc(N8CCOCC8=O)c7)n6)CC5)CC4)CC3)c(F)c2)C(=O)N1. The molecule has 8 rings (SSSR count). The molecule has 4 amide bonds. The fourth-order valence-electron chi connectivity index (χ4n) is 9.28. The van der Waals surface area contributed by atoms with Crippen LogP contribution in [0.4, 0.5) is 26.1 Å². The maximum atomic E-state index is 15.3. The highest BCUT2D eigenvalue weighted by atomic mass is 19.1. The quantitative estimate of drug-likeness (QED) is 0.217. The fourth-order valence-corrected chi connectivity index (χ4v) is 9.28. The summed E-state index contributed by atoms with van der Waals surface area (Å²) in [5, 5.41) is 20.3. The first kappa shape index (κ1) is 40.7. The van der Waals surface area contributed by atoms with Crippen molar-refractivity contribution < 1.29 is 37.8 Å². The van der Waals surface area contributed by atoms with Crippen LogP contribution in [-0.4, -0.2) is 119 Å². The first-order valence-corrected chi connectivity index (χ1v) is 20.9. The Balaban J connectivity index is 0.770. The molecule has 16 heteroatoms. The molecule has 1 saturated carbocycles. The average Bonchev–Trinajstić information content (AvgIpc) is 3.23. The van der Waals surface area contributed by atoms with Crippen molar-refractivity contribution in [1.29, 1.82) is 0 Å². The first-order chi connectivity index (χ1) is 28.5. The molecule has 1 unspecified atom stereocenters. The number of carbonyl (C=O) groups is 4. The van der Waals surface area contributed by atoms with Crippen molar-refractivity contribution >= 4 is 41.0 Å². The lowest BCUT2D eigenvalue weighted by Gasteiger charge is -2.43. The van der Waals surface area contributed by atoms with Crippen molar-refractivity contribution in [1.82, 2.24) is 25.1 Å². The fraction of sp³-hybridized carbons (Fsp3) is 0.535. The number of rotatable bonds is 10. The van der Waals surface area contributed by atoms with Gasteiger partial charge >= 0.3 is 0 Å². The summed E-state index contributed by atoms with van der Waals surface area (Å²) in [6, 6.07) is 11.5. The minimum absolute atomic E-state index is 0.0121. The van der Waals surface area contributed by atoms with Crippen molar-refractivity contribution in [3.05, 3.63) is 65.9 Å². The summed E-state index contributed by atoms with van der Waals surface area (Å²) in [7, 11) is 0. The van der Waals surface area contributed by atoms with E-state index in [2.05, 4.69) is 30.8 Å². The summed E-state index contributed by atoms with van der Waals surface area (Å²) in [4.78, 5) is 64.0. The predicted molar refractivity (Wildman–Crippen MR) is 215 cm³/mol. The number of nitrogens with zero attached hydrogens (tertiary/aromatic N) is 5. The Morgan fingerprint density at radius 3 is 2.42 bits per heavy atom. The molecular weight excluding hydrogens is 763 g/mol. The Kier molecular flexibility index (Phi) is 12.2. The predicted octanol–water partition coefficient (Wildman–Crippen LogP) is 4.21.